The zero-order chi connectivity index (χ0) is 25.5. The normalized spacial score (nSPS) is 19.1. The molecule has 0 N–H and O–H groups in total. The molecule has 1 aliphatic rings. The zero-order valence-corrected chi connectivity index (χ0v) is 22.1. The molecule has 0 spiro atoms. The predicted octanol–water partition coefficient (Wildman–Crippen LogP) is 6.74. The highest BCUT2D eigenvalue weighted by atomic mass is 35.5. The predicted molar refractivity (Wildman–Crippen MR) is 139 cm³/mol. The van der Waals surface area contributed by atoms with Gasteiger partial charge in [0.05, 0.1) is 22.6 Å². The van der Waals surface area contributed by atoms with Crippen molar-refractivity contribution in [3.05, 3.63) is 94.0 Å². The average molecular weight is 551 g/mol. The first kappa shape index (κ1) is 26.9. The van der Waals surface area contributed by atoms with E-state index in [9.17, 15) is 8.42 Å². The molecule has 6 nitrogen and oxygen atoms in total. The van der Waals surface area contributed by atoms with Gasteiger partial charge in [0.15, 0.2) is 6.29 Å². The van der Waals surface area contributed by atoms with Crippen molar-refractivity contribution in [2.75, 3.05) is 13.2 Å². The number of aryl methyl sites for hydroxylation is 1. The molecular weight excluding hydrogens is 523 g/mol. The zero-order valence-electron chi connectivity index (χ0n) is 19.8. The van der Waals surface area contributed by atoms with E-state index in [1.807, 2.05) is 37.3 Å². The molecule has 4 rings (SSSR count). The highest BCUT2D eigenvalue weighted by Gasteiger charge is 2.28. The van der Waals surface area contributed by atoms with Crippen LogP contribution in [0.25, 0.3) is 0 Å². The van der Waals surface area contributed by atoms with Gasteiger partial charge in [-0.15, -0.1) is 0 Å². The lowest BCUT2D eigenvalue weighted by molar-refractivity contribution is -0.224. The van der Waals surface area contributed by atoms with Crippen molar-refractivity contribution >= 4 is 33.3 Å². The van der Waals surface area contributed by atoms with Crippen molar-refractivity contribution in [3.63, 3.8) is 0 Å². The third kappa shape index (κ3) is 7.44. The number of ether oxygens (including phenoxy) is 3. The first-order valence-corrected chi connectivity index (χ1v) is 13.9. The Bertz CT molecular complexity index is 1230. The van der Waals surface area contributed by atoms with Crippen molar-refractivity contribution in [1.29, 1.82) is 0 Å². The van der Waals surface area contributed by atoms with Crippen molar-refractivity contribution in [2.24, 2.45) is 0 Å². The van der Waals surface area contributed by atoms with Gasteiger partial charge in [0.2, 0.25) is 0 Å². The van der Waals surface area contributed by atoms with E-state index in [1.54, 1.807) is 30.3 Å². The minimum Gasteiger partial charge on any atom is -0.489 e. The van der Waals surface area contributed by atoms with E-state index in [1.165, 1.54) is 12.1 Å². The molecule has 1 fully saturated rings. The summed E-state index contributed by atoms with van der Waals surface area (Å²) < 4.78 is 49.1. The van der Waals surface area contributed by atoms with Gasteiger partial charge in [0, 0.05) is 5.02 Å². The topological polar surface area (TPSA) is 71.1 Å². The first-order chi connectivity index (χ1) is 17.3. The number of hydrogen-bond acceptors (Lipinski definition) is 6. The summed E-state index contributed by atoms with van der Waals surface area (Å²) in [5.41, 5.74) is 1.76. The van der Waals surface area contributed by atoms with Gasteiger partial charge in [-0.3, -0.25) is 4.18 Å². The smallest absolute Gasteiger partial charge is 0.297 e. The molecule has 192 valence electrons. The van der Waals surface area contributed by atoms with Gasteiger partial charge in [-0.05, 0) is 62.1 Å². The lowest BCUT2D eigenvalue weighted by atomic mass is 10.1. The number of rotatable bonds is 10. The van der Waals surface area contributed by atoms with E-state index in [2.05, 4.69) is 0 Å². The fraction of sp³-hybridized carbons (Fsp3) is 0.333. The van der Waals surface area contributed by atoms with E-state index in [4.69, 9.17) is 41.6 Å². The molecular formula is C27H28Cl2O6S. The van der Waals surface area contributed by atoms with Gasteiger partial charge >= 0.3 is 0 Å². The third-order valence-electron chi connectivity index (χ3n) is 5.80. The van der Waals surface area contributed by atoms with Gasteiger partial charge < -0.3 is 14.2 Å². The lowest BCUT2D eigenvalue weighted by Gasteiger charge is -2.32. The van der Waals surface area contributed by atoms with Gasteiger partial charge in [-0.25, -0.2) is 0 Å². The van der Waals surface area contributed by atoms with E-state index in [-0.39, 0.29) is 17.6 Å². The Labute approximate surface area is 222 Å². The molecule has 1 saturated heterocycles. The maximum atomic E-state index is 12.7. The summed E-state index contributed by atoms with van der Waals surface area (Å²) in [5.74, 6) is 0.532. The van der Waals surface area contributed by atoms with Crippen LogP contribution in [0.2, 0.25) is 10.0 Å². The van der Waals surface area contributed by atoms with E-state index in [0.717, 1.165) is 24.0 Å². The minimum absolute atomic E-state index is 0.104. The van der Waals surface area contributed by atoms with Gasteiger partial charge in [-0.2, -0.15) is 8.42 Å². The van der Waals surface area contributed by atoms with Crippen molar-refractivity contribution < 1.29 is 26.8 Å². The molecule has 0 saturated carbocycles. The molecule has 0 bridgehead atoms. The first-order valence-electron chi connectivity index (χ1n) is 11.7. The Balaban J connectivity index is 1.39. The fourth-order valence-electron chi connectivity index (χ4n) is 3.85. The Morgan fingerprint density at radius 3 is 2.47 bits per heavy atom. The summed E-state index contributed by atoms with van der Waals surface area (Å²) in [5, 5.41) is 0.968. The Hall–Kier alpha value is -2.13. The molecule has 3 atom stereocenters. The van der Waals surface area contributed by atoms with Crippen LogP contribution >= 0.6 is 23.2 Å². The standard InChI is InChI=1S/C27H28Cl2O6S/c1-19-10-13-23(14-11-19)36(30,31)33-18-26(20-6-3-2-4-7-20)35-27-9-5-8-22(34-27)17-32-25-15-12-21(28)16-24(25)29/h2-4,6-7,10-16,22,26-27H,5,8-9,17-18H2,1H3/t22-,26?,27+/m1/s1. The van der Waals surface area contributed by atoms with Gasteiger partial charge in [0.1, 0.15) is 18.5 Å². The number of benzene rings is 3. The van der Waals surface area contributed by atoms with Crippen molar-refractivity contribution in [3.8, 4) is 5.75 Å². The second-order valence-corrected chi connectivity index (χ2v) is 11.1. The van der Waals surface area contributed by atoms with Gasteiger partial charge in [0.25, 0.3) is 10.1 Å². The summed E-state index contributed by atoms with van der Waals surface area (Å²) in [6.07, 6.45) is 0.970. The Kier molecular flexibility index (Phi) is 9.28. The molecule has 3 aromatic carbocycles. The van der Waals surface area contributed by atoms with Crippen LogP contribution in [-0.2, 0) is 23.8 Å². The SMILES string of the molecule is Cc1ccc(S(=O)(=O)OCC(O[C@H]2CCC[C@H](COc3ccc(Cl)cc3Cl)O2)c2ccccc2)cc1. The average Bonchev–Trinajstić information content (AvgIpc) is 2.87. The molecule has 0 radical (unpaired) electrons. The van der Waals surface area contributed by atoms with Crippen LogP contribution in [0.3, 0.4) is 0 Å². The van der Waals surface area contributed by atoms with E-state index < -0.39 is 22.5 Å². The lowest BCUT2D eigenvalue weighted by Crippen LogP contribution is -2.35. The molecule has 36 heavy (non-hydrogen) atoms. The summed E-state index contributed by atoms with van der Waals surface area (Å²) in [6, 6.07) is 21.0. The van der Waals surface area contributed by atoms with Gasteiger partial charge in [-0.1, -0.05) is 71.2 Å². The second-order valence-electron chi connectivity index (χ2n) is 8.59. The molecule has 0 aliphatic carbocycles. The molecule has 0 aromatic heterocycles. The summed E-state index contributed by atoms with van der Waals surface area (Å²) in [4.78, 5) is 0.104. The maximum absolute atomic E-state index is 12.7. The van der Waals surface area contributed by atoms with Crippen LogP contribution in [0.4, 0.5) is 0 Å². The molecule has 9 heteroatoms. The molecule has 1 aliphatic heterocycles. The highest BCUT2D eigenvalue weighted by molar-refractivity contribution is 7.86. The van der Waals surface area contributed by atoms with Crippen LogP contribution in [0.15, 0.2) is 77.7 Å². The molecule has 0 amide bonds. The Morgan fingerprint density at radius 2 is 1.75 bits per heavy atom. The summed E-state index contributed by atoms with van der Waals surface area (Å²) in [7, 11) is -3.94. The van der Waals surface area contributed by atoms with E-state index in [0.29, 0.717) is 28.8 Å². The summed E-state index contributed by atoms with van der Waals surface area (Å²) in [6.45, 7) is 2.01. The van der Waals surface area contributed by atoms with Crippen LogP contribution in [0, 0.1) is 6.92 Å². The maximum Gasteiger partial charge on any atom is 0.297 e. The van der Waals surface area contributed by atoms with Crippen LogP contribution in [-0.4, -0.2) is 34.0 Å². The Morgan fingerprint density at radius 1 is 1.00 bits per heavy atom. The molecule has 1 heterocycles. The second kappa shape index (κ2) is 12.4. The fourth-order valence-corrected chi connectivity index (χ4v) is 5.22. The van der Waals surface area contributed by atoms with Crippen LogP contribution in [0.1, 0.15) is 36.5 Å². The largest absolute Gasteiger partial charge is 0.489 e. The molecule has 1 unspecified atom stereocenters. The third-order valence-corrected chi connectivity index (χ3v) is 7.63. The monoisotopic (exact) mass is 550 g/mol. The van der Waals surface area contributed by atoms with Crippen LogP contribution < -0.4 is 4.74 Å². The van der Waals surface area contributed by atoms with E-state index >= 15 is 0 Å². The summed E-state index contributed by atoms with van der Waals surface area (Å²) >= 11 is 12.1. The quantitative estimate of drug-likeness (QED) is 0.260. The number of hydrogen-bond donors (Lipinski definition) is 0. The van der Waals surface area contributed by atoms with Crippen LogP contribution in [0.5, 0.6) is 5.75 Å². The minimum atomic E-state index is -3.94. The van der Waals surface area contributed by atoms with Crippen molar-refractivity contribution in [1.82, 2.24) is 0 Å². The molecule has 3 aromatic rings. The van der Waals surface area contributed by atoms with Crippen molar-refractivity contribution in [2.45, 2.75) is 49.6 Å². The number of halogens is 2. The highest BCUT2D eigenvalue weighted by Crippen LogP contribution is 2.30.